The van der Waals surface area contributed by atoms with E-state index in [1.54, 1.807) is 30.3 Å². The van der Waals surface area contributed by atoms with Crippen LogP contribution in [-0.2, 0) is 0 Å². The number of benzene rings is 2. The molecule has 0 radical (unpaired) electrons. The number of nitrogens with zero attached hydrogens (tertiary/aromatic N) is 1. The second-order valence-corrected chi connectivity index (χ2v) is 6.21. The molecule has 0 atom stereocenters. The third-order valence-corrected chi connectivity index (χ3v) is 4.20. The van der Waals surface area contributed by atoms with E-state index in [-0.39, 0.29) is 22.7 Å². The van der Waals surface area contributed by atoms with Gasteiger partial charge < -0.3 is 15.4 Å². The predicted molar refractivity (Wildman–Crippen MR) is 92.9 cm³/mol. The number of nitrogens with two attached hydrogens (primary N) is 1. The minimum absolute atomic E-state index is 0.216. The zero-order chi connectivity index (χ0) is 17.4. The number of hydrogen-bond acceptors (Lipinski definition) is 5. The maximum atomic E-state index is 12.9. The molecular weight excluding hydrogens is 304 g/mol. The van der Waals surface area contributed by atoms with Gasteiger partial charge in [-0.25, -0.2) is 0 Å². The normalized spacial score (nSPS) is 13.0. The lowest BCUT2D eigenvalue weighted by Crippen LogP contribution is -2.25. The quantitative estimate of drug-likeness (QED) is 0.746. The molecule has 124 valence electrons. The van der Waals surface area contributed by atoms with Gasteiger partial charge in [0.15, 0.2) is 11.6 Å². The molecule has 2 aromatic carbocycles. The van der Waals surface area contributed by atoms with Crippen molar-refractivity contribution in [3.8, 4) is 5.75 Å². The number of nitrogen functional groups attached to an aromatic ring is 1. The average molecular weight is 324 g/mol. The topological polar surface area (TPSA) is 72.6 Å². The number of ether oxygens (including phenoxy) is 1. The number of aryl methyl sites for hydroxylation is 1. The van der Waals surface area contributed by atoms with Crippen LogP contribution >= 0.6 is 0 Å². The van der Waals surface area contributed by atoms with Gasteiger partial charge in [-0.3, -0.25) is 9.59 Å². The van der Waals surface area contributed by atoms with Gasteiger partial charge in [0.05, 0.1) is 11.1 Å². The second-order valence-electron chi connectivity index (χ2n) is 6.21. The summed E-state index contributed by atoms with van der Waals surface area (Å²) < 4.78 is 5.81. The molecule has 0 amide bonds. The Morgan fingerprint density at radius 2 is 1.62 bits per heavy atom. The largest absolute Gasteiger partial charge is 0.491 e. The molecular formula is C19H20N2O3. The van der Waals surface area contributed by atoms with Crippen LogP contribution in [0.1, 0.15) is 37.4 Å². The van der Waals surface area contributed by atoms with Crippen LogP contribution in [0, 0.1) is 6.92 Å². The first-order valence-electron chi connectivity index (χ1n) is 7.81. The monoisotopic (exact) mass is 324 g/mol. The van der Waals surface area contributed by atoms with Crippen molar-refractivity contribution < 1.29 is 14.3 Å². The number of rotatable bonds is 4. The second kappa shape index (κ2) is 6.09. The smallest absolute Gasteiger partial charge is 0.198 e. The van der Waals surface area contributed by atoms with Crippen LogP contribution in [0.5, 0.6) is 5.75 Å². The Balaban J connectivity index is 2.14. The first-order chi connectivity index (χ1) is 11.4. The number of carbonyl (C=O) groups excluding carboxylic acids is 2. The van der Waals surface area contributed by atoms with Crippen molar-refractivity contribution in [2.45, 2.75) is 6.92 Å². The number of hydrogen-bond donors (Lipinski definition) is 1. The fourth-order valence-electron chi connectivity index (χ4n) is 2.86. The molecule has 1 aliphatic carbocycles. The van der Waals surface area contributed by atoms with E-state index in [9.17, 15) is 9.59 Å². The molecule has 24 heavy (non-hydrogen) atoms. The predicted octanol–water partition coefficient (Wildman–Crippen LogP) is 2.29. The van der Waals surface area contributed by atoms with Crippen LogP contribution in [0.25, 0.3) is 0 Å². The molecule has 0 saturated carbocycles. The number of anilines is 1. The van der Waals surface area contributed by atoms with E-state index in [2.05, 4.69) is 0 Å². The Morgan fingerprint density at radius 1 is 1.04 bits per heavy atom. The molecule has 0 aliphatic heterocycles. The first kappa shape index (κ1) is 16.2. The van der Waals surface area contributed by atoms with E-state index in [0.29, 0.717) is 35.7 Å². The summed E-state index contributed by atoms with van der Waals surface area (Å²) in [7, 11) is 3.88. The third kappa shape index (κ3) is 2.57. The van der Waals surface area contributed by atoms with Crippen LogP contribution in [0.2, 0.25) is 0 Å². The Kier molecular flexibility index (Phi) is 4.11. The van der Waals surface area contributed by atoms with E-state index in [1.165, 1.54) is 0 Å². The molecule has 0 heterocycles. The SMILES string of the molecule is Cc1cc(OCCN(C)C)c2c(c1N)C(=O)c1ccccc1C2=O. The van der Waals surface area contributed by atoms with Crippen LogP contribution in [0.4, 0.5) is 5.69 Å². The van der Waals surface area contributed by atoms with Crippen molar-refractivity contribution in [3.05, 3.63) is 58.1 Å². The standard InChI is InChI=1S/C19H20N2O3/c1-11-10-14(24-9-8-21(2)3)15-16(17(11)20)19(23)13-7-5-4-6-12(13)18(15)22/h4-7,10H,8-9,20H2,1-3H3. The van der Waals surface area contributed by atoms with E-state index in [4.69, 9.17) is 10.5 Å². The highest BCUT2D eigenvalue weighted by molar-refractivity contribution is 6.31. The number of likely N-dealkylation sites (N-methyl/N-ethyl adjacent to an activating group) is 1. The van der Waals surface area contributed by atoms with Gasteiger partial charge in [-0.15, -0.1) is 0 Å². The summed E-state index contributed by atoms with van der Waals surface area (Å²) in [6.45, 7) is 2.94. The zero-order valence-electron chi connectivity index (χ0n) is 14.1. The van der Waals surface area contributed by atoms with E-state index >= 15 is 0 Å². The summed E-state index contributed by atoms with van der Waals surface area (Å²) >= 11 is 0. The van der Waals surface area contributed by atoms with Crippen molar-refractivity contribution in [2.75, 3.05) is 33.0 Å². The van der Waals surface area contributed by atoms with Crippen LogP contribution in [0.15, 0.2) is 30.3 Å². The van der Waals surface area contributed by atoms with Gasteiger partial charge in [0, 0.05) is 23.4 Å². The summed E-state index contributed by atoms with van der Waals surface area (Å²) in [6, 6.07) is 8.56. The number of fused-ring (bicyclic) bond motifs is 2. The van der Waals surface area contributed by atoms with Gasteiger partial charge in [-0.05, 0) is 32.6 Å². The fraction of sp³-hybridized carbons (Fsp3) is 0.263. The average Bonchev–Trinajstić information content (AvgIpc) is 2.55. The van der Waals surface area contributed by atoms with Gasteiger partial charge in [0.1, 0.15) is 12.4 Å². The van der Waals surface area contributed by atoms with Gasteiger partial charge in [-0.2, -0.15) is 0 Å². The van der Waals surface area contributed by atoms with E-state index < -0.39 is 0 Å². The summed E-state index contributed by atoms with van der Waals surface area (Å²) in [5, 5.41) is 0. The Hall–Kier alpha value is -2.66. The van der Waals surface area contributed by atoms with Crippen molar-refractivity contribution in [1.29, 1.82) is 0 Å². The molecule has 5 heteroatoms. The molecule has 2 aromatic rings. The summed E-state index contributed by atoms with van der Waals surface area (Å²) in [6.07, 6.45) is 0. The lowest BCUT2D eigenvalue weighted by atomic mass is 9.82. The lowest BCUT2D eigenvalue weighted by molar-refractivity contribution is 0.0976. The molecule has 3 rings (SSSR count). The van der Waals surface area contributed by atoms with Crippen LogP contribution < -0.4 is 10.5 Å². The van der Waals surface area contributed by atoms with Gasteiger partial charge in [0.2, 0.25) is 0 Å². The first-order valence-corrected chi connectivity index (χ1v) is 7.81. The summed E-state index contributed by atoms with van der Waals surface area (Å²) in [4.78, 5) is 27.8. The Bertz CT molecular complexity index is 841. The van der Waals surface area contributed by atoms with E-state index in [1.807, 2.05) is 25.9 Å². The molecule has 0 fully saturated rings. The molecule has 1 aliphatic rings. The highest BCUT2D eigenvalue weighted by Gasteiger charge is 2.34. The van der Waals surface area contributed by atoms with Crippen LogP contribution in [-0.4, -0.2) is 43.7 Å². The minimum Gasteiger partial charge on any atom is -0.491 e. The van der Waals surface area contributed by atoms with Gasteiger partial charge in [0.25, 0.3) is 0 Å². The lowest BCUT2D eigenvalue weighted by Gasteiger charge is -2.23. The van der Waals surface area contributed by atoms with Gasteiger partial charge in [-0.1, -0.05) is 24.3 Å². The molecule has 5 nitrogen and oxygen atoms in total. The maximum Gasteiger partial charge on any atom is 0.198 e. The number of ketones is 2. The molecule has 0 aromatic heterocycles. The van der Waals surface area contributed by atoms with E-state index in [0.717, 1.165) is 5.56 Å². The highest BCUT2D eigenvalue weighted by atomic mass is 16.5. The Morgan fingerprint density at radius 3 is 2.21 bits per heavy atom. The fourth-order valence-corrected chi connectivity index (χ4v) is 2.86. The maximum absolute atomic E-state index is 12.9. The molecule has 2 N–H and O–H groups in total. The zero-order valence-corrected chi connectivity index (χ0v) is 14.1. The molecule has 0 spiro atoms. The molecule has 0 saturated heterocycles. The van der Waals surface area contributed by atoms with Crippen molar-refractivity contribution in [3.63, 3.8) is 0 Å². The van der Waals surface area contributed by atoms with Crippen molar-refractivity contribution >= 4 is 17.3 Å². The van der Waals surface area contributed by atoms with Crippen molar-refractivity contribution in [1.82, 2.24) is 4.90 Å². The molecule has 0 unspecified atom stereocenters. The summed E-state index contributed by atoms with van der Waals surface area (Å²) in [5.41, 5.74) is 8.53. The van der Waals surface area contributed by atoms with Gasteiger partial charge >= 0.3 is 0 Å². The van der Waals surface area contributed by atoms with Crippen LogP contribution in [0.3, 0.4) is 0 Å². The third-order valence-electron chi connectivity index (χ3n) is 4.20. The van der Waals surface area contributed by atoms with Crippen molar-refractivity contribution in [2.24, 2.45) is 0 Å². The highest BCUT2D eigenvalue weighted by Crippen LogP contribution is 2.38. The number of carbonyl (C=O) groups is 2. The molecule has 0 bridgehead atoms. The minimum atomic E-state index is -0.223. The Labute approximate surface area is 141 Å². The summed E-state index contributed by atoms with van der Waals surface area (Å²) in [5.74, 6) is -0.0167.